The first-order valence-electron chi connectivity index (χ1n) is 7.55. The molecule has 1 amide bonds. The van der Waals surface area contributed by atoms with Crippen molar-refractivity contribution in [2.45, 2.75) is 6.42 Å². The predicted molar refractivity (Wildman–Crippen MR) is 93.0 cm³/mol. The number of nitrogens with zero attached hydrogens (tertiary/aromatic N) is 2. The molecule has 0 aromatic heterocycles. The normalized spacial score (nSPS) is 11.3. The molecule has 0 atom stereocenters. The minimum Gasteiger partial charge on any atom is -0.315 e. The van der Waals surface area contributed by atoms with Gasteiger partial charge in [0.1, 0.15) is 0 Å². The Morgan fingerprint density at radius 3 is 2.19 bits per heavy atom. The van der Waals surface area contributed by atoms with E-state index in [0.717, 1.165) is 12.3 Å². The van der Waals surface area contributed by atoms with Crippen LogP contribution < -0.4 is 9.21 Å². The van der Waals surface area contributed by atoms with E-state index in [2.05, 4.69) is 0 Å². The van der Waals surface area contributed by atoms with Crippen molar-refractivity contribution in [1.82, 2.24) is 0 Å². The van der Waals surface area contributed by atoms with Crippen LogP contribution in [0.1, 0.15) is 6.42 Å². The van der Waals surface area contributed by atoms with Gasteiger partial charge in [-0.15, -0.1) is 0 Å². The Labute approximate surface area is 149 Å². The molecule has 0 aliphatic carbocycles. The Kier molecular flexibility index (Phi) is 5.91. The second-order valence-corrected chi connectivity index (χ2v) is 7.47. The lowest BCUT2D eigenvalue weighted by Gasteiger charge is -2.24. The molecule has 0 bridgehead atoms. The first-order valence-corrected chi connectivity index (χ1v) is 9.40. The summed E-state index contributed by atoms with van der Waals surface area (Å²) in [5, 5.41) is 0. The molecule has 2 aromatic rings. The number of amides is 1. The van der Waals surface area contributed by atoms with Gasteiger partial charge >= 0.3 is 0 Å². The fourth-order valence-corrected chi connectivity index (χ4v) is 3.25. The van der Waals surface area contributed by atoms with Crippen LogP contribution in [0.4, 0.5) is 24.5 Å². The maximum absolute atomic E-state index is 14.0. The fourth-order valence-electron chi connectivity index (χ4n) is 2.33. The van der Waals surface area contributed by atoms with Crippen LogP contribution in [0.3, 0.4) is 0 Å². The Morgan fingerprint density at radius 2 is 1.62 bits per heavy atom. The number of hydrogen-bond donors (Lipinski definition) is 0. The second-order valence-electron chi connectivity index (χ2n) is 5.57. The highest BCUT2D eigenvalue weighted by Crippen LogP contribution is 2.26. The van der Waals surface area contributed by atoms with Crippen molar-refractivity contribution in [2.24, 2.45) is 0 Å². The summed E-state index contributed by atoms with van der Waals surface area (Å²) in [6.45, 7) is -0.420. The molecule has 0 fully saturated rings. The van der Waals surface area contributed by atoms with Crippen molar-refractivity contribution in [2.75, 3.05) is 29.1 Å². The maximum Gasteiger partial charge on any atom is 0.232 e. The summed E-state index contributed by atoms with van der Waals surface area (Å²) in [7, 11) is -2.51. The molecule has 140 valence electrons. The third-order valence-electron chi connectivity index (χ3n) is 3.73. The molecule has 0 saturated heterocycles. The van der Waals surface area contributed by atoms with E-state index in [0.29, 0.717) is 16.1 Å². The van der Waals surface area contributed by atoms with Gasteiger partial charge in [-0.05, 0) is 24.3 Å². The molecule has 0 aliphatic rings. The summed E-state index contributed by atoms with van der Waals surface area (Å²) in [5.41, 5.74) is -0.0519. The van der Waals surface area contributed by atoms with E-state index < -0.39 is 45.6 Å². The minimum atomic E-state index is -4.02. The summed E-state index contributed by atoms with van der Waals surface area (Å²) in [6, 6.07) is 10.1. The molecule has 0 spiro atoms. The standard InChI is InChI=1S/C17H17F3N2O3S/c1-21(12-6-4-3-5-7-12)15(23)10-11-22(26(2,24)25)14-9-8-13(18)16(19)17(14)20/h3-9H,10-11H2,1-2H3. The van der Waals surface area contributed by atoms with E-state index in [1.807, 2.05) is 0 Å². The van der Waals surface area contributed by atoms with E-state index >= 15 is 0 Å². The number of carbonyl (C=O) groups is 1. The summed E-state index contributed by atoms with van der Waals surface area (Å²) >= 11 is 0. The molecule has 5 nitrogen and oxygen atoms in total. The highest BCUT2D eigenvalue weighted by Gasteiger charge is 2.25. The van der Waals surface area contributed by atoms with E-state index in [-0.39, 0.29) is 6.42 Å². The van der Waals surface area contributed by atoms with Gasteiger partial charge < -0.3 is 4.90 Å². The molecule has 2 rings (SSSR count). The second kappa shape index (κ2) is 7.77. The van der Waals surface area contributed by atoms with E-state index in [4.69, 9.17) is 0 Å². The van der Waals surface area contributed by atoms with E-state index in [1.54, 1.807) is 30.3 Å². The van der Waals surface area contributed by atoms with Crippen LogP contribution in [0.15, 0.2) is 42.5 Å². The van der Waals surface area contributed by atoms with Crippen molar-refractivity contribution < 1.29 is 26.4 Å². The van der Waals surface area contributed by atoms with Crippen LogP contribution in [0.5, 0.6) is 0 Å². The predicted octanol–water partition coefficient (Wildman–Crippen LogP) is 2.92. The van der Waals surface area contributed by atoms with Crippen LogP contribution >= 0.6 is 0 Å². The van der Waals surface area contributed by atoms with Crippen LogP contribution in [-0.4, -0.2) is 34.2 Å². The summed E-state index contributed by atoms with van der Waals surface area (Å²) in [5.74, 6) is -5.25. The van der Waals surface area contributed by atoms with Gasteiger partial charge in [-0.2, -0.15) is 0 Å². The summed E-state index contributed by atoms with van der Waals surface area (Å²) in [6.07, 6.45) is 0.510. The lowest BCUT2D eigenvalue weighted by atomic mass is 10.2. The van der Waals surface area contributed by atoms with Crippen LogP contribution in [-0.2, 0) is 14.8 Å². The van der Waals surface area contributed by atoms with E-state index in [1.165, 1.54) is 11.9 Å². The topological polar surface area (TPSA) is 57.7 Å². The first-order chi connectivity index (χ1) is 12.1. The molecule has 0 unspecified atom stereocenters. The van der Waals surface area contributed by atoms with Crippen molar-refractivity contribution in [3.05, 3.63) is 59.9 Å². The van der Waals surface area contributed by atoms with Crippen LogP contribution in [0.25, 0.3) is 0 Å². The number of sulfonamides is 1. The van der Waals surface area contributed by atoms with Crippen molar-refractivity contribution in [1.29, 1.82) is 0 Å². The number of hydrogen-bond acceptors (Lipinski definition) is 3. The molecule has 26 heavy (non-hydrogen) atoms. The number of halogens is 3. The Bertz CT molecular complexity index is 905. The zero-order valence-electron chi connectivity index (χ0n) is 14.1. The summed E-state index contributed by atoms with van der Waals surface area (Å²) < 4.78 is 64.9. The largest absolute Gasteiger partial charge is 0.315 e. The quantitative estimate of drug-likeness (QED) is 0.718. The molecular formula is C17H17F3N2O3S. The smallest absolute Gasteiger partial charge is 0.232 e. The van der Waals surface area contributed by atoms with Gasteiger partial charge in [0.05, 0.1) is 11.9 Å². The molecule has 0 radical (unpaired) electrons. The van der Waals surface area contributed by atoms with Crippen molar-refractivity contribution >= 4 is 27.3 Å². The lowest BCUT2D eigenvalue weighted by molar-refractivity contribution is -0.118. The minimum absolute atomic E-state index is 0.281. The SMILES string of the molecule is CN(C(=O)CCN(c1ccc(F)c(F)c1F)S(C)(=O)=O)c1ccccc1. The maximum atomic E-state index is 14.0. The van der Waals surface area contributed by atoms with Gasteiger partial charge in [-0.1, -0.05) is 18.2 Å². The highest BCUT2D eigenvalue weighted by molar-refractivity contribution is 7.92. The monoisotopic (exact) mass is 386 g/mol. The molecule has 0 heterocycles. The van der Waals surface area contributed by atoms with Crippen LogP contribution in [0.2, 0.25) is 0 Å². The Morgan fingerprint density at radius 1 is 1.00 bits per heavy atom. The van der Waals surface area contributed by atoms with E-state index in [9.17, 15) is 26.4 Å². The third kappa shape index (κ3) is 4.34. The van der Waals surface area contributed by atoms with Gasteiger partial charge in [-0.25, -0.2) is 21.6 Å². The number of benzene rings is 2. The number of carbonyl (C=O) groups excluding carboxylic acids is 1. The lowest BCUT2D eigenvalue weighted by Crippen LogP contribution is -2.36. The third-order valence-corrected chi connectivity index (χ3v) is 4.91. The summed E-state index contributed by atoms with van der Waals surface area (Å²) in [4.78, 5) is 13.6. The Balaban J connectivity index is 2.23. The zero-order chi connectivity index (χ0) is 19.5. The molecule has 0 N–H and O–H groups in total. The molecule has 0 saturated carbocycles. The average Bonchev–Trinajstić information content (AvgIpc) is 2.60. The average molecular weight is 386 g/mol. The molecule has 9 heteroatoms. The van der Waals surface area contributed by atoms with Gasteiger partial charge in [0.25, 0.3) is 0 Å². The Hall–Kier alpha value is -2.55. The highest BCUT2D eigenvalue weighted by atomic mass is 32.2. The van der Waals surface area contributed by atoms with Gasteiger partial charge in [0, 0.05) is 25.7 Å². The zero-order valence-corrected chi connectivity index (χ0v) is 14.9. The van der Waals surface area contributed by atoms with Crippen LogP contribution in [0, 0.1) is 17.5 Å². The fraction of sp³-hybridized carbons (Fsp3) is 0.235. The first kappa shape index (κ1) is 19.8. The van der Waals surface area contributed by atoms with Crippen molar-refractivity contribution in [3.63, 3.8) is 0 Å². The van der Waals surface area contributed by atoms with Gasteiger partial charge in [0.2, 0.25) is 15.9 Å². The van der Waals surface area contributed by atoms with Crippen molar-refractivity contribution in [3.8, 4) is 0 Å². The van der Waals surface area contributed by atoms with Gasteiger partial charge in [0.15, 0.2) is 17.5 Å². The number of anilines is 2. The number of para-hydroxylation sites is 1. The molecule has 2 aromatic carbocycles. The molecule has 0 aliphatic heterocycles. The molecular weight excluding hydrogens is 369 g/mol. The number of rotatable bonds is 6. The van der Waals surface area contributed by atoms with Gasteiger partial charge in [-0.3, -0.25) is 9.10 Å².